The van der Waals surface area contributed by atoms with Crippen LogP contribution in [0.5, 0.6) is 0 Å². The fraction of sp³-hybridized carbons (Fsp3) is 0.870. The number of alkyl carbamates (subject to hydrolysis) is 1. The number of carbonyl (C=O) groups excluding carboxylic acids is 2. The van der Waals surface area contributed by atoms with Crippen molar-refractivity contribution in [1.29, 1.82) is 5.26 Å². The highest BCUT2D eigenvalue weighted by atomic mass is 16.6. The molecular formula is C23H33N3O4. The highest BCUT2D eigenvalue weighted by Gasteiger charge is 2.64. The molecule has 7 heteroatoms. The standard InChI is InChI=1S/C23H33N3O4/c1-21(2,3)30-20(28)25-18(19(27)26-16(11-24)5-15-6-17(15)26)22-7-13-4-14(8-22)10-23(29,9-13)12-22/h13-18,29H,4-10,12H2,1-3H3,(H,25,28)/t13-,14+,15-,16-,17+,18+,22?,23?/m0/s1. The lowest BCUT2D eigenvalue weighted by Crippen LogP contribution is -2.66. The van der Waals surface area contributed by atoms with Gasteiger partial charge >= 0.3 is 6.09 Å². The Morgan fingerprint density at radius 2 is 1.83 bits per heavy atom. The molecule has 6 fully saturated rings. The SMILES string of the molecule is CC(C)(C)OC(=O)N[C@H](C(=O)N1[C@H](C#N)C[C@H]2C[C@H]21)C12C[C@@H]3C[C@@H](CC(O)(C3)C1)C2. The topological polar surface area (TPSA) is 103 Å². The van der Waals surface area contributed by atoms with Crippen molar-refractivity contribution in [3.63, 3.8) is 0 Å². The van der Waals surface area contributed by atoms with Crippen LogP contribution in [-0.2, 0) is 9.53 Å². The third-order valence-electron chi connectivity index (χ3n) is 8.10. The van der Waals surface area contributed by atoms with Crippen LogP contribution in [0.3, 0.4) is 0 Å². The van der Waals surface area contributed by atoms with Crippen LogP contribution in [0.25, 0.3) is 0 Å². The summed E-state index contributed by atoms with van der Waals surface area (Å²) in [6.07, 6.45) is 6.02. The summed E-state index contributed by atoms with van der Waals surface area (Å²) in [4.78, 5) is 28.4. The van der Waals surface area contributed by atoms with Crippen molar-refractivity contribution in [3.8, 4) is 6.07 Å². The van der Waals surface area contributed by atoms with Crippen molar-refractivity contribution in [2.75, 3.05) is 0 Å². The van der Waals surface area contributed by atoms with Crippen molar-refractivity contribution in [2.24, 2.45) is 23.2 Å². The van der Waals surface area contributed by atoms with Gasteiger partial charge in [0.1, 0.15) is 17.7 Å². The van der Waals surface area contributed by atoms with E-state index in [1.54, 1.807) is 25.7 Å². The summed E-state index contributed by atoms with van der Waals surface area (Å²) in [5.41, 5.74) is -1.86. The molecule has 1 saturated heterocycles. The second-order valence-corrected chi connectivity index (χ2v) is 11.8. The van der Waals surface area contributed by atoms with E-state index in [1.807, 2.05) is 0 Å². The van der Waals surface area contributed by atoms with Gasteiger partial charge < -0.3 is 20.1 Å². The van der Waals surface area contributed by atoms with Crippen LogP contribution in [0, 0.1) is 34.5 Å². The number of nitriles is 1. The van der Waals surface area contributed by atoms with Crippen LogP contribution >= 0.6 is 0 Å². The zero-order chi connectivity index (χ0) is 21.5. The average molecular weight is 416 g/mol. The molecule has 30 heavy (non-hydrogen) atoms. The van der Waals surface area contributed by atoms with Crippen LogP contribution in [0.1, 0.15) is 72.1 Å². The Kier molecular flexibility index (Phi) is 4.26. The van der Waals surface area contributed by atoms with Crippen LogP contribution in [-0.4, -0.2) is 51.3 Å². The maximum Gasteiger partial charge on any atom is 0.408 e. The van der Waals surface area contributed by atoms with E-state index >= 15 is 0 Å². The molecule has 4 bridgehead atoms. The molecule has 1 aliphatic heterocycles. The van der Waals surface area contributed by atoms with Gasteiger partial charge in [-0.3, -0.25) is 4.79 Å². The van der Waals surface area contributed by atoms with Crippen molar-refractivity contribution in [2.45, 2.75) is 101 Å². The minimum Gasteiger partial charge on any atom is -0.444 e. The smallest absolute Gasteiger partial charge is 0.408 e. The summed E-state index contributed by atoms with van der Waals surface area (Å²) in [7, 11) is 0. The largest absolute Gasteiger partial charge is 0.444 e. The Balaban J connectivity index is 1.47. The molecule has 2 unspecified atom stereocenters. The molecule has 0 radical (unpaired) electrons. The predicted octanol–water partition coefficient (Wildman–Crippen LogP) is 2.72. The molecule has 5 saturated carbocycles. The Hall–Kier alpha value is -1.81. The number of hydrogen-bond acceptors (Lipinski definition) is 5. The van der Waals surface area contributed by atoms with Gasteiger partial charge in [-0.25, -0.2) is 4.79 Å². The highest BCUT2D eigenvalue weighted by molar-refractivity contribution is 5.88. The number of hydrogen-bond donors (Lipinski definition) is 2. The van der Waals surface area contributed by atoms with Gasteiger partial charge in [0.05, 0.1) is 11.7 Å². The fourth-order valence-corrected chi connectivity index (χ4v) is 7.56. The number of ether oxygens (including phenoxy) is 1. The number of fused-ring (bicyclic) bond motifs is 1. The third-order valence-corrected chi connectivity index (χ3v) is 8.10. The van der Waals surface area contributed by atoms with Gasteiger partial charge in [-0.2, -0.15) is 5.26 Å². The third kappa shape index (κ3) is 3.28. The highest BCUT2D eigenvalue weighted by Crippen LogP contribution is 2.63. The van der Waals surface area contributed by atoms with E-state index in [0.29, 0.717) is 24.2 Å². The summed E-state index contributed by atoms with van der Waals surface area (Å²) >= 11 is 0. The van der Waals surface area contributed by atoms with Crippen LogP contribution in [0.15, 0.2) is 0 Å². The fourth-order valence-electron chi connectivity index (χ4n) is 7.56. The van der Waals surface area contributed by atoms with Gasteiger partial charge in [-0.1, -0.05) is 0 Å². The van der Waals surface area contributed by atoms with Crippen molar-refractivity contribution < 1.29 is 19.4 Å². The molecule has 2 N–H and O–H groups in total. The number of piperidine rings is 1. The van der Waals surface area contributed by atoms with Gasteiger partial charge in [0.25, 0.3) is 0 Å². The number of amides is 2. The summed E-state index contributed by atoms with van der Waals surface area (Å²) in [5, 5.41) is 23.8. The Morgan fingerprint density at radius 1 is 1.17 bits per heavy atom. The van der Waals surface area contributed by atoms with Gasteiger partial charge in [-0.05, 0) is 89.9 Å². The number of nitrogens with zero attached hydrogens (tertiary/aromatic N) is 2. The Morgan fingerprint density at radius 3 is 2.40 bits per heavy atom. The first-order valence-corrected chi connectivity index (χ1v) is 11.4. The lowest BCUT2D eigenvalue weighted by atomic mass is 9.46. The van der Waals surface area contributed by atoms with E-state index in [-0.39, 0.29) is 11.9 Å². The van der Waals surface area contributed by atoms with Crippen molar-refractivity contribution >= 4 is 12.0 Å². The molecule has 0 aromatic rings. The molecule has 0 spiro atoms. The predicted molar refractivity (Wildman–Crippen MR) is 108 cm³/mol. The maximum absolute atomic E-state index is 13.9. The second-order valence-electron chi connectivity index (χ2n) is 11.8. The average Bonchev–Trinajstić information content (AvgIpc) is 3.25. The van der Waals surface area contributed by atoms with Crippen molar-refractivity contribution in [1.82, 2.24) is 10.2 Å². The van der Waals surface area contributed by atoms with E-state index in [1.165, 1.54) is 0 Å². The molecule has 8 atom stereocenters. The number of carbonyl (C=O) groups is 2. The summed E-state index contributed by atoms with van der Waals surface area (Å²) < 4.78 is 5.51. The van der Waals surface area contributed by atoms with E-state index in [9.17, 15) is 20.0 Å². The summed E-state index contributed by atoms with van der Waals surface area (Å²) in [6, 6.07) is 1.26. The molecule has 6 aliphatic rings. The second kappa shape index (κ2) is 6.35. The van der Waals surface area contributed by atoms with E-state index < -0.39 is 34.8 Å². The lowest BCUT2D eigenvalue weighted by Gasteiger charge is -2.62. The Labute approximate surface area is 178 Å². The van der Waals surface area contributed by atoms with Gasteiger partial charge in [0.15, 0.2) is 0 Å². The van der Waals surface area contributed by atoms with E-state index in [0.717, 1.165) is 44.9 Å². The molecule has 6 rings (SSSR count). The van der Waals surface area contributed by atoms with Gasteiger partial charge in [0.2, 0.25) is 5.91 Å². The summed E-state index contributed by atoms with van der Waals surface area (Å²) in [5.74, 6) is 1.06. The van der Waals surface area contributed by atoms with Crippen LogP contribution in [0.2, 0.25) is 0 Å². The van der Waals surface area contributed by atoms with E-state index in [2.05, 4.69) is 11.4 Å². The molecule has 7 nitrogen and oxygen atoms in total. The van der Waals surface area contributed by atoms with E-state index in [4.69, 9.17) is 4.74 Å². The first kappa shape index (κ1) is 20.1. The number of nitrogens with one attached hydrogen (secondary N) is 1. The molecule has 0 aromatic heterocycles. The molecule has 164 valence electrons. The first-order valence-electron chi connectivity index (χ1n) is 11.4. The van der Waals surface area contributed by atoms with Crippen molar-refractivity contribution in [3.05, 3.63) is 0 Å². The van der Waals surface area contributed by atoms with Crippen LogP contribution < -0.4 is 5.32 Å². The lowest BCUT2D eigenvalue weighted by molar-refractivity contribution is -0.180. The first-order chi connectivity index (χ1) is 14.0. The Bertz CT molecular complexity index is 798. The minimum absolute atomic E-state index is 0.127. The van der Waals surface area contributed by atoms with Crippen LogP contribution in [0.4, 0.5) is 4.79 Å². The molecule has 1 heterocycles. The molecule has 5 aliphatic carbocycles. The molecule has 2 amide bonds. The minimum atomic E-state index is -0.750. The quantitative estimate of drug-likeness (QED) is 0.738. The zero-order valence-corrected chi connectivity index (χ0v) is 18.2. The van der Waals surface area contributed by atoms with Gasteiger partial charge in [-0.15, -0.1) is 0 Å². The maximum atomic E-state index is 13.9. The molecular weight excluding hydrogens is 382 g/mol. The normalized spacial score (nSPS) is 44.2. The zero-order valence-electron chi connectivity index (χ0n) is 18.2. The number of likely N-dealkylation sites (tertiary alicyclic amines) is 1. The summed E-state index contributed by atoms with van der Waals surface area (Å²) in [6.45, 7) is 5.41. The monoisotopic (exact) mass is 415 g/mol. The number of rotatable bonds is 3. The molecule has 0 aromatic carbocycles. The number of aliphatic hydroxyl groups is 1. The van der Waals surface area contributed by atoms with Gasteiger partial charge in [0, 0.05) is 11.5 Å².